The Morgan fingerprint density at radius 1 is 1.35 bits per heavy atom. The van der Waals surface area contributed by atoms with E-state index in [4.69, 9.17) is 5.73 Å². The number of alkyl halides is 2. The monoisotopic (exact) mass is 255 g/mol. The molecule has 0 radical (unpaired) electrons. The summed E-state index contributed by atoms with van der Waals surface area (Å²) in [5.41, 5.74) is 6.95. The number of aromatic nitrogens is 2. The van der Waals surface area contributed by atoms with E-state index in [0.717, 1.165) is 0 Å². The molecule has 17 heavy (non-hydrogen) atoms. The van der Waals surface area contributed by atoms with Crippen LogP contribution in [0.2, 0.25) is 0 Å². The van der Waals surface area contributed by atoms with Gasteiger partial charge in [-0.15, -0.1) is 0 Å². The van der Waals surface area contributed by atoms with E-state index in [1.807, 2.05) is 0 Å². The van der Waals surface area contributed by atoms with Crippen molar-refractivity contribution in [3.8, 4) is 11.3 Å². The van der Waals surface area contributed by atoms with Gasteiger partial charge in [-0.05, 0) is 6.07 Å². The Morgan fingerprint density at radius 2 is 2.06 bits per heavy atom. The van der Waals surface area contributed by atoms with Crippen molar-refractivity contribution in [2.75, 3.05) is 5.73 Å². The van der Waals surface area contributed by atoms with Gasteiger partial charge in [-0.3, -0.25) is 4.68 Å². The molecule has 0 bridgehead atoms. The van der Waals surface area contributed by atoms with Crippen LogP contribution in [0.15, 0.2) is 35.2 Å². The standard InChI is InChI=1S/C11H11F2N3S/c1-16-10(14)6-8(15-16)7-4-2-3-5-9(7)17-11(12)13/h2-6,11H,14H2,1H3. The summed E-state index contributed by atoms with van der Waals surface area (Å²) in [5, 5.41) is 4.18. The zero-order valence-electron chi connectivity index (χ0n) is 9.10. The second-order valence-electron chi connectivity index (χ2n) is 3.45. The zero-order valence-corrected chi connectivity index (χ0v) is 9.92. The fraction of sp³-hybridized carbons (Fsp3) is 0.182. The molecule has 0 amide bonds. The molecule has 0 aliphatic heterocycles. The molecule has 90 valence electrons. The SMILES string of the molecule is Cn1nc(-c2ccccc2SC(F)F)cc1N. The van der Waals surface area contributed by atoms with E-state index in [9.17, 15) is 8.78 Å². The van der Waals surface area contributed by atoms with Crippen molar-refractivity contribution < 1.29 is 8.78 Å². The molecule has 0 unspecified atom stereocenters. The van der Waals surface area contributed by atoms with Gasteiger partial charge in [-0.25, -0.2) is 0 Å². The molecule has 0 spiro atoms. The van der Waals surface area contributed by atoms with E-state index in [1.54, 1.807) is 37.4 Å². The third kappa shape index (κ3) is 2.58. The maximum atomic E-state index is 12.4. The van der Waals surface area contributed by atoms with E-state index in [-0.39, 0.29) is 0 Å². The molecule has 1 aromatic carbocycles. The van der Waals surface area contributed by atoms with E-state index >= 15 is 0 Å². The second-order valence-corrected chi connectivity index (χ2v) is 4.48. The smallest absolute Gasteiger partial charge is 0.288 e. The van der Waals surface area contributed by atoms with Crippen LogP contribution < -0.4 is 5.73 Å². The van der Waals surface area contributed by atoms with Crippen molar-refractivity contribution in [2.45, 2.75) is 10.7 Å². The minimum absolute atomic E-state index is 0.497. The molecule has 0 saturated heterocycles. The summed E-state index contributed by atoms with van der Waals surface area (Å²) < 4.78 is 26.3. The highest BCUT2D eigenvalue weighted by Crippen LogP contribution is 2.34. The number of hydrogen-bond acceptors (Lipinski definition) is 3. The Kier molecular flexibility index (Phi) is 3.33. The highest BCUT2D eigenvalue weighted by molar-refractivity contribution is 7.99. The van der Waals surface area contributed by atoms with Gasteiger partial charge in [0.05, 0.1) is 5.69 Å². The number of rotatable bonds is 3. The lowest BCUT2D eigenvalue weighted by molar-refractivity contribution is 0.252. The third-order valence-electron chi connectivity index (χ3n) is 2.30. The summed E-state index contributed by atoms with van der Waals surface area (Å²) >= 11 is 0.512. The minimum Gasteiger partial charge on any atom is -0.384 e. The lowest BCUT2D eigenvalue weighted by Gasteiger charge is -2.05. The van der Waals surface area contributed by atoms with Gasteiger partial charge in [0.2, 0.25) is 0 Å². The van der Waals surface area contributed by atoms with Gasteiger partial charge in [0.25, 0.3) is 5.76 Å². The Hall–Kier alpha value is -1.56. The highest BCUT2D eigenvalue weighted by atomic mass is 32.2. The molecule has 3 nitrogen and oxygen atoms in total. The zero-order chi connectivity index (χ0) is 12.4. The first-order valence-corrected chi connectivity index (χ1v) is 5.79. The van der Waals surface area contributed by atoms with E-state index in [0.29, 0.717) is 33.7 Å². The fourth-order valence-electron chi connectivity index (χ4n) is 1.49. The molecule has 0 saturated carbocycles. The fourth-order valence-corrected chi connectivity index (χ4v) is 2.14. The average Bonchev–Trinajstić information content (AvgIpc) is 2.59. The summed E-state index contributed by atoms with van der Waals surface area (Å²) in [6.07, 6.45) is 0. The Labute approximate surface area is 102 Å². The summed E-state index contributed by atoms with van der Waals surface area (Å²) in [4.78, 5) is 0.501. The van der Waals surface area contributed by atoms with Crippen molar-refractivity contribution in [3.63, 3.8) is 0 Å². The van der Waals surface area contributed by atoms with E-state index in [2.05, 4.69) is 5.10 Å². The molecule has 0 fully saturated rings. The van der Waals surface area contributed by atoms with Gasteiger partial charge in [0.15, 0.2) is 0 Å². The van der Waals surface area contributed by atoms with Crippen LogP contribution in [0.5, 0.6) is 0 Å². The first-order valence-electron chi connectivity index (χ1n) is 4.91. The predicted octanol–water partition coefficient (Wildman–Crippen LogP) is 2.98. The third-order valence-corrected chi connectivity index (χ3v) is 3.08. The molecule has 1 aromatic heterocycles. The lowest BCUT2D eigenvalue weighted by Crippen LogP contribution is -1.96. The van der Waals surface area contributed by atoms with Crippen LogP contribution in [-0.4, -0.2) is 15.5 Å². The lowest BCUT2D eigenvalue weighted by atomic mass is 10.1. The molecule has 0 atom stereocenters. The normalized spacial score (nSPS) is 11.1. The quantitative estimate of drug-likeness (QED) is 0.857. The van der Waals surface area contributed by atoms with Crippen molar-refractivity contribution >= 4 is 17.6 Å². The molecule has 2 aromatic rings. The first kappa shape index (κ1) is 11.9. The van der Waals surface area contributed by atoms with Gasteiger partial charge < -0.3 is 5.73 Å². The summed E-state index contributed by atoms with van der Waals surface area (Å²) in [5.74, 6) is -1.95. The number of nitrogens with zero attached hydrogens (tertiary/aromatic N) is 2. The summed E-state index contributed by atoms with van der Waals surface area (Å²) in [7, 11) is 1.71. The van der Waals surface area contributed by atoms with Crippen LogP contribution in [0.1, 0.15) is 0 Å². The van der Waals surface area contributed by atoms with Gasteiger partial charge in [0, 0.05) is 23.6 Å². The number of thioether (sulfide) groups is 1. The van der Waals surface area contributed by atoms with Crippen molar-refractivity contribution in [1.82, 2.24) is 9.78 Å². The van der Waals surface area contributed by atoms with E-state index in [1.165, 1.54) is 4.68 Å². The topological polar surface area (TPSA) is 43.8 Å². The predicted molar refractivity (Wildman–Crippen MR) is 64.9 cm³/mol. The van der Waals surface area contributed by atoms with Crippen molar-refractivity contribution in [3.05, 3.63) is 30.3 Å². The molecule has 2 N–H and O–H groups in total. The number of aryl methyl sites for hydroxylation is 1. The molecule has 1 heterocycles. The van der Waals surface area contributed by atoms with Crippen LogP contribution in [0.4, 0.5) is 14.6 Å². The van der Waals surface area contributed by atoms with E-state index < -0.39 is 5.76 Å². The Balaban J connectivity index is 2.44. The number of halogens is 2. The van der Waals surface area contributed by atoms with Crippen molar-refractivity contribution in [1.29, 1.82) is 0 Å². The summed E-state index contributed by atoms with van der Waals surface area (Å²) in [6, 6.07) is 8.59. The van der Waals surface area contributed by atoms with Crippen LogP contribution in [-0.2, 0) is 7.05 Å². The van der Waals surface area contributed by atoms with Crippen LogP contribution in [0.25, 0.3) is 11.3 Å². The maximum Gasteiger partial charge on any atom is 0.288 e. The number of benzene rings is 1. The molecule has 0 aliphatic carbocycles. The van der Waals surface area contributed by atoms with Crippen LogP contribution in [0, 0.1) is 0 Å². The average molecular weight is 255 g/mol. The number of anilines is 1. The molecule has 6 heteroatoms. The Bertz CT molecular complexity index is 506. The number of hydrogen-bond donors (Lipinski definition) is 1. The molecule has 0 aliphatic rings. The summed E-state index contributed by atoms with van der Waals surface area (Å²) in [6.45, 7) is 0. The van der Waals surface area contributed by atoms with Gasteiger partial charge in [-0.2, -0.15) is 13.9 Å². The number of nitrogen functional groups attached to an aromatic ring is 1. The maximum absolute atomic E-state index is 12.4. The highest BCUT2D eigenvalue weighted by Gasteiger charge is 2.13. The largest absolute Gasteiger partial charge is 0.384 e. The minimum atomic E-state index is -2.45. The first-order chi connectivity index (χ1) is 8.08. The second kappa shape index (κ2) is 4.75. The van der Waals surface area contributed by atoms with Crippen LogP contribution in [0.3, 0.4) is 0 Å². The van der Waals surface area contributed by atoms with Crippen LogP contribution >= 0.6 is 11.8 Å². The van der Waals surface area contributed by atoms with Gasteiger partial charge in [-0.1, -0.05) is 30.0 Å². The Morgan fingerprint density at radius 3 is 2.65 bits per heavy atom. The van der Waals surface area contributed by atoms with Crippen molar-refractivity contribution in [2.24, 2.45) is 7.05 Å². The van der Waals surface area contributed by atoms with Gasteiger partial charge >= 0.3 is 0 Å². The molecular formula is C11H11F2N3S. The number of nitrogens with two attached hydrogens (primary N) is 1. The molecule has 2 rings (SSSR count). The van der Waals surface area contributed by atoms with Gasteiger partial charge in [0.1, 0.15) is 5.82 Å². The molecular weight excluding hydrogens is 244 g/mol.